The summed E-state index contributed by atoms with van der Waals surface area (Å²) < 4.78 is 18.3. The van der Waals surface area contributed by atoms with Gasteiger partial charge in [-0.1, -0.05) is 12.1 Å². The van der Waals surface area contributed by atoms with Gasteiger partial charge >= 0.3 is 5.97 Å². The Hall–Kier alpha value is -2.25. The van der Waals surface area contributed by atoms with Crippen LogP contribution >= 0.6 is 11.3 Å². The quantitative estimate of drug-likeness (QED) is 0.842. The summed E-state index contributed by atoms with van der Waals surface area (Å²) in [4.78, 5) is 27.9. The van der Waals surface area contributed by atoms with E-state index in [-0.39, 0.29) is 24.9 Å². The van der Waals surface area contributed by atoms with Crippen LogP contribution in [0, 0.1) is 18.2 Å². The number of thiophene rings is 1. The third-order valence-corrected chi connectivity index (χ3v) is 6.06. The molecule has 0 radical (unpaired) electrons. The minimum atomic E-state index is -1.06. The molecule has 1 unspecified atom stereocenters. The highest BCUT2D eigenvalue weighted by Gasteiger charge is 2.44. The molecule has 1 aliphatic rings. The fourth-order valence-electron chi connectivity index (χ4n) is 3.59. The average molecular weight is 391 g/mol. The van der Waals surface area contributed by atoms with E-state index in [1.807, 2.05) is 13.0 Å². The topological polar surface area (TPSA) is 66.8 Å². The van der Waals surface area contributed by atoms with Crippen molar-refractivity contribution in [2.45, 2.75) is 19.8 Å². The molecule has 1 saturated heterocycles. The van der Waals surface area contributed by atoms with Gasteiger partial charge in [0.1, 0.15) is 11.2 Å². The van der Waals surface area contributed by atoms with Crippen molar-refractivity contribution in [1.82, 2.24) is 4.90 Å². The van der Waals surface area contributed by atoms with Crippen molar-refractivity contribution >= 4 is 23.2 Å². The van der Waals surface area contributed by atoms with Gasteiger partial charge in [0.2, 0.25) is 0 Å². The second-order valence-corrected chi connectivity index (χ2v) is 8.19. The van der Waals surface area contributed by atoms with Gasteiger partial charge in [0.25, 0.3) is 5.91 Å². The number of hydrogen-bond donors (Lipinski definition) is 1. The molecule has 1 aliphatic heterocycles. The van der Waals surface area contributed by atoms with E-state index >= 15 is 0 Å². The number of aryl methyl sites for hydroxylation is 1. The standard InChI is InChI=1S/C20H22FNO4S/c1-13-16(14-4-6-15(21)7-5-14)10-17(27-13)18(23)22-9-3-8-20(11-22,12-26-2)19(24)25/h4-7,10H,3,8-9,11-12H2,1-2H3,(H,24,25). The number of hydrogen-bond acceptors (Lipinski definition) is 4. The van der Waals surface area contributed by atoms with Crippen molar-refractivity contribution in [2.75, 3.05) is 26.8 Å². The molecule has 2 aromatic rings. The monoisotopic (exact) mass is 391 g/mol. The van der Waals surface area contributed by atoms with Crippen LogP contribution < -0.4 is 0 Å². The van der Waals surface area contributed by atoms with Gasteiger partial charge in [0, 0.05) is 25.1 Å². The van der Waals surface area contributed by atoms with Crippen molar-refractivity contribution < 1.29 is 23.8 Å². The molecule has 0 spiro atoms. The molecule has 7 heteroatoms. The normalized spacial score (nSPS) is 19.9. The molecule has 0 bridgehead atoms. The molecule has 1 atom stereocenters. The minimum absolute atomic E-state index is 0.0798. The van der Waals surface area contributed by atoms with Crippen molar-refractivity contribution in [3.05, 3.63) is 45.9 Å². The number of piperidine rings is 1. The Bertz CT molecular complexity index is 844. The van der Waals surface area contributed by atoms with Crippen molar-refractivity contribution in [1.29, 1.82) is 0 Å². The predicted octanol–water partition coefficient (Wildman–Crippen LogP) is 3.82. The molecule has 1 aromatic carbocycles. The largest absolute Gasteiger partial charge is 0.481 e. The van der Waals surface area contributed by atoms with Crippen molar-refractivity contribution in [2.24, 2.45) is 5.41 Å². The summed E-state index contributed by atoms with van der Waals surface area (Å²) in [7, 11) is 1.48. The number of benzene rings is 1. The van der Waals surface area contributed by atoms with Gasteiger partial charge in [0.15, 0.2) is 0 Å². The fourth-order valence-corrected chi connectivity index (χ4v) is 4.60. The van der Waals surface area contributed by atoms with Crippen LogP contribution in [0.3, 0.4) is 0 Å². The highest BCUT2D eigenvalue weighted by molar-refractivity contribution is 7.14. The summed E-state index contributed by atoms with van der Waals surface area (Å²) in [5, 5.41) is 9.66. The summed E-state index contributed by atoms with van der Waals surface area (Å²) in [5.74, 6) is -1.41. The third-order valence-electron chi connectivity index (χ3n) is 5.02. The number of ether oxygens (including phenoxy) is 1. The van der Waals surface area contributed by atoms with Crippen LogP contribution in [0.1, 0.15) is 27.4 Å². The molecular weight excluding hydrogens is 369 g/mol. The summed E-state index contributed by atoms with van der Waals surface area (Å²) in [5.41, 5.74) is 0.679. The number of carboxylic acid groups (broad SMARTS) is 1. The molecule has 5 nitrogen and oxygen atoms in total. The van der Waals surface area contributed by atoms with Crippen LogP contribution in [0.2, 0.25) is 0 Å². The van der Waals surface area contributed by atoms with Crippen LogP contribution in [0.25, 0.3) is 11.1 Å². The summed E-state index contributed by atoms with van der Waals surface area (Å²) in [6.45, 7) is 2.66. The Morgan fingerprint density at radius 1 is 1.33 bits per heavy atom. The highest BCUT2D eigenvalue weighted by atomic mass is 32.1. The Morgan fingerprint density at radius 2 is 2.04 bits per heavy atom. The van der Waals surface area contributed by atoms with E-state index in [4.69, 9.17) is 4.74 Å². The zero-order valence-corrected chi connectivity index (χ0v) is 16.1. The predicted molar refractivity (Wildman–Crippen MR) is 102 cm³/mol. The number of amides is 1. The molecule has 0 saturated carbocycles. The number of carboxylic acids is 1. The van der Waals surface area contributed by atoms with Gasteiger partial charge in [0.05, 0.1) is 11.5 Å². The summed E-state index contributed by atoms with van der Waals surface area (Å²) in [6, 6.07) is 7.97. The second-order valence-electron chi connectivity index (χ2n) is 6.94. The molecule has 1 aromatic heterocycles. The number of halogens is 1. The summed E-state index contributed by atoms with van der Waals surface area (Å²) in [6.07, 6.45) is 1.11. The van der Waals surface area contributed by atoms with E-state index < -0.39 is 11.4 Å². The maximum Gasteiger partial charge on any atom is 0.313 e. The van der Waals surface area contributed by atoms with E-state index in [9.17, 15) is 19.1 Å². The number of carbonyl (C=O) groups excluding carboxylic acids is 1. The lowest BCUT2D eigenvalue weighted by Gasteiger charge is -2.39. The zero-order valence-electron chi connectivity index (χ0n) is 15.3. The lowest BCUT2D eigenvalue weighted by atomic mass is 9.80. The maximum atomic E-state index is 13.2. The molecule has 0 aliphatic carbocycles. The lowest BCUT2D eigenvalue weighted by molar-refractivity contribution is -0.155. The maximum absolute atomic E-state index is 13.2. The van der Waals surface area contributed by atoms with Crippen LogP contribution in [-0.4, -0.2) is 48.7 Å². The Balaban J connectivity index is 1.84. The molecular formula is C20H22FNO4S. The van der Waals surface area contributed by atoms with Gasteiger partial charge in [-0.05, 0) is 49.1 Å². The first-order valence-corrected chi connectivity index (χ1v) is 9.56. The highest BCUT2D eigenvalue weighted by Crippen LogP contribution is 2.35. The average Bonchev–Trinajstić information content (AvgIpc) is 3.04. The number of methoxy groups -OCH3 is 1. The Labute approximate surface area is 161 Å². The van der Waals surface area contributed by atoms with E-state index in [0.717, 1.165) is 16.0 Å². The lowest BCUT2D eigenvalue weighted by Crippen LogP contribution is -2.52. The number of aliphatic carboxylic acids is 1. The van der Waals surface area contributed by atoms with E-state index in [1.54, 1.807) is 17.0 Å². The second kappa shape index (κ2) is 7.78. The first-order chi connectivity index (χ1) is 12.9. The Morgan fingerprint density at radius 3 is 2.67 bits per heavy atom. The van der Waals surface area contributed by atoms with Crippen LogP contribution in [0.5, 0.6) is 0 Å². The molecule has 1 fully saturated rings. The minimum Gasteiger partial charge on any atom is -0.481 e. The summed E-state index contributed by atoms with van der Waals surface area (Å²) >= 11 is 1.37. The molecule has 27 heavy (non-hydrogen) atoms. The number of likely N-dealkylation sites (tertiary alicyclic amines) is 1. The molecule has 3 rings (SSSR count). The van der Waals surface area contributed by atoms with Gasteiger partial charge in [-0.2, -0.15) is 0 Å². The van der Waals surface area contributed by atoms with Crippen molar-refractivity contribution in [3.63, 3.8) is 0 Å². The van der Waals surface area contributed by atoms with Crippen LogP contribution in [0.15, 0.2) is 30.3 Å². The van der Waals surface area contributed by atoms with Gasteiger partial charge < -0.3 is 14.7 Å². The van der Waals surface area contributed by atoms with Gasteiger partial charge in [-0.25, -0.2) is 4.39 Å². The van der Waals surface area contributed by atoms with Crippen LogP contribution in [-0.2, 0) is 9.53 Å². The number of carbonyl (C=O) groups is 2. The molecule has 144 valence electrons. The molecule has 1 amide bonds. The van der Waals surface area contributed by atoms with Crippen LogP contribution in [0.4, 0.5) is 4.39 Å². The first kappa shape index (κ1) is 19.5. The van der Waals surface area contributed by atoms with E-state index in [1.165, 1.54) is 30.6 Å². The third kappa shape index (κ3) is 3.89. The SMILES string of the molecule is COCC1(C(=O)O)CCCN(C(=O)c2cc(-c3ccc(F)cc3)c(C)s2)C1. The smallest absolute Gasteiger partial charge is 0.313 e. The zero-order chi connectivity index (χ0) is 19.6. The number of nitrogens with zero attached hydrogens (tertiary/aromatic N) is 1. The molecule has 2 heterocycles. The van der Waals surface area contributed by atoms with Gasteiger partial charge in [-0.3, -0.25) is 9.59 Å². The van der Waals surface area contributed by atoms with E-state index in [0.29, 0.717) is 24.3 Å². The first-order valence-electron chi connectivity index (χ1n) is 8.74. The fraction of sp³-hybridized carbons (Fsp3) is 0.400. The van der Waals surface area contributed by atoms with Gasteiger partial charge in [-0.15, -0.1) is 11.3 Å². The van der Waals surface area contributed by atoms with E-state index in [2.05, 4.69) is 0 Å². The Kier molecular flexibility index (Phi) is 5.62. The number of rotatable bonds is 5. The van der Waals surface area contributed by atoms with Crippen molar-refractivity contribution in [3.8, 4) is 11.1 Å². The molecule has 1 N–H and O–H groups in total.